The first kappa shape index (κ1) is 14.3. The van der Waals surface area contributed by atoms with Crippen molar-refractivity contribution in [3.05, 3.63) is 58.3 Å². The third-order valence-corrected chi connectivity index (χ3v) is 4.61. The number of benzene rings is 1. The molecule has 2 rings (SSSR count). The summed E-state index contributed by atoms with van der Waals surface area (Å²) in [5.41, 5.74) is 1.43. The SMILES string of the molecule is CCNC(CCc1cccs1)C(C)c1ccccc1. The monoisotopic (exact) mass is 273 g/mol. The second-order valence-electron chi connectivity index (χ2n) is 4.98. The molecule has 0 fully saturated rings. The molecule has 0 spiro atoms. The molecule has 102 valence electrons. The van der Waals surface area contributed by atoms with Gasteiger partial charge in [0.15, 0.2) is 0 Å². The summed E-state index contributed by atoms with van der Waals surface area (Å²) in [6, 6.07) is 15.8. The topological polar surface area (TPSA) is 12.0 Å². The van der Waals surface area contributed by atoms with Gasteiger partial charge in [0.05, 0.1) is 0 Å². The van der Waals surface area contributed by atoms with Crippen molar-refractivity contribution in [1.29, 1.82) is 0 Å². The lowest BCUT2D eigenvalue weighted by Crippen LogP contribution is -2.34. The molecule has 0 saturated carbocycles. The van der Waals surface area contributed by atoms with Gasteiger partial charge >= 0.3 is 0 Å². The summed E-state index contributed by atoms with van der Waals surface area (Å²) in [5.74, 6) is 0.557. The Morgan fingerprint density at radius 3 is 2.53 bits per heavy atom. The summed E-state index contributed by atoms with van der Waals surface area (Å²) in [6.07, 6.45) is 2.37. The molecule has 0 bridgehead atoms. The molecule has 0 amide bonds. The smallest absolute Gasteiger partial charge is 0.0136 e. The molecule has 0 saturated heterocycles. The third kappa shape index (κ3) is 4.19. The average Bonchev–Trinajstić information content (AvgIpc) is 2.97. The zero-order valence-electron chi connectivity index (χ0n) is 11.8. The van der Waals surface area contributed by atoms with E-state index < -0.39 is 0 Å². The van der Waals surface area contributed by atoms with Gasteiger partial charge in [0.1, 0.15) is 0 Å². The van der Waals surface area contributed by atoms with Crippen LogP contribution in [-0.2, 0) is 6.42 Å². The molecule has 0 aliphatic heterocycles. The molecule has 2 aromatic rings. The van der Waals surface area contributed by atoms with Gasteiger partial charge in [0, 0.05) is 10.9 Å². The first-order valence-corrected chi connectivity index (χ1v) is 8.00. The molecule has 0 aliphatic carbocycles. The zero-order chi connectivity index (χ0) is 13.5. The molecule has 0 radical (unpaired) electrons. The van der Waals surface area contributed by atoms with E-state index in [2.05, 4.69) is 67.0 Å². The van der Waals surface area contributed by atoms with Crippen molar-refractivity contribution in [1.82, 2.24) is 5.32 Å². The molecular weight excluding hydrogens is 250 g/mol. The molecule has 1 nitrogen and oxygen atoms in total. The number of rotatable bonds is 7. The van der Waals surface area contributed by atoms with E-state index in [9.17, 15) is 0 Å². The van der Waals surface area contributed by atoms with Crippen LogP contribution >= 0.6 is 11.3 Å². The van der Waals surface area contributed by atoms with Crippen LogP contribution < -0.4 is 5.32 Å². The number of hydrogen-bond donors (Lipinski definition) is 1. The minimum Gasteiger partial charge on any atom is -0.314 e. The first-order chi connectivity index (χ1) is 9.31. The highest BCUT2D eigenvalue weighted by Crippen LogP contribution is 2.23. The summed E-state index contributed by atoms with van der Waals surface area (Å²) < 4.78 is 0. The normalized spacial score (nSPS) is 14.2. The number of thiophene rings is 1. The van der Waals surface area contributed by atoms with Crippen molar-refractivity contribution in [3.63, 3.8) is 0 Å². The van der Waals surface area contributed by atoms with Crippen LogP contribution in [0.15, 0.2) is 47.8 Å². The maximum Gasteiger partial charge on any atom is 0.0136 e. The van der Waals surface area contributed by atoms with Crippen LogP contribution in [0.2, 0.25) is 0 Å². The predicted molar refractivity (Wildman–Crippen MR) is 85.0 cm³/mol. The molecule has 2 unspecified atom stereocenters. The molecule has 19 heavy (non-hydrogen) atoms. The predicted octanol–water partition coefficient (Wildman–Crippen LogP) is 4.46. The Bertz CT molecular complexity index is 449. The van der Waals surface area contributed by atoms with E-state index >= 15 is 0 Å². The Hall–Kier alpha value is -1.12. The first-order valence-electron chi connectivity index (χ1n) is 7.12. The maximum atomic E-state index is 3.65. The van der Waals surface area contributed by atoms with Crippen LogP contribution in [0.1, 0.15) is 36.6 Å². The van der Waals surface area contributed by atoms with Crippen molar-refractivity contribution in [2.45, 2.75) is 38.6 Å². The van der Waals surface area contributed by atoms with E-state index in [1.54, 1.807) is 0 Å². The molecule has 1 N–H and O–H groups in total. The molecule has 2 heteroatoms. The molecular formula is C17H23NS. The van der Waals surface area contributed by atoms with E-state index in [0.29, 0.717) is 12.0 Å². The Labute approximate surface area is 120 Å². The van der Waals surface area contributed by atoms with E-state index in [1.165, 1.54) is 23.3 Å². The lowest BCUT2D eigenvalue weighted by molar-refractivity contribution is 0.435. The van der Waals surface area contributed by atoms with Gasteiger partial charge in [-0.3, -0.25) is 0 Å². The van der Waals surface area contributed by atoms with Gasteiger partial charge in [-0.15, -0.1) is 11.3 Å². The Balaban J connectivity index is 1.98. The van der Waals surface area contributed by atoms with Gasteiger partial charge in [-0.05, 0) is 42.3 Å². The fourth-order valence-electron chi connectivity index (χ4n) is 2.53. The van der Waals surface area contributed by atoms with E-state index in [-0.39, 0.29) is 0 Å². The number of hydrogen-bond acceptors (Lipinski definition) is 2. The van der Waals surface area contributed by atoms with E-state index in [1.807, 2.05) is 11.3 Å². The second kappa shape index (κ2) is 7.46. The third-order valence-electron chi connectivity index (χ3n) is 3.68. The summed E-state index contributed by atoms with van der Waals surface area (Å²) >= 11 is 1.86. The lowest BCUT2D eigenvalue weighted by atomic mass is 9.90. The fraction of sp³-hybridized carbons (Fsp3) is 0.412. The summed E-state index contributed by atoms with van der Waals surface area (Å²) in [7, 11) is 0. The van der Waals surface area contributed by atoms with Crippen LogP contribution in [0.5, 0.6) is 0 Å². The highest BCUT2D eigenvalue weighted by Gasteiger charge is 2.17. The van der Waals surface area contributed by atoms with Crippen LogP contribution in [0, 0.1) is 0 Å². The molecule has 0 aliphatic rings. The van der Waals surface area contributed by atoms with Gasteiger partial charge in [-0.2, -0.15) is 0 Å². The molecule has 1 heterocycles. The zero-order valence-corrected chi connectivity index (χ0v) is 12.6. The van der Waals surface area contributed by atoms with Crippen molar-refractivity contribution in [2.75, 3.05) is 6.54 Å². The quantitative estimate of drug-likeness (QED) is 0.785. The van der Waals surface area contributed by atoms with Gasteiger partial charge in [0.2, 0.25) is 0 Å². The molecule has 1 aromatic carbocycles. The minimum atomic E-state index is 0.550. The van der Waals surface area contributed by atoms with Gasteiger partial charge < -0.3 is 5.32 Å². The van der Waals surface area contributed by atoms with Gasteiger partial charge in [-0.25, -0.2) is 0 Å². The standard InChI is InChI=1S/C17H23NS/c1-3-18-17(12-11-16-10-7-13-19-16)14(2)15-8-5-4-6-9-15/h4-10,13-14,17-18H,3,11-12H2,1-2H3. The van der Waals surface area contributed by atoms with Gasteiger partial charge in [0.25, 0.3) is 0 Å². The average molecular weight is 273 g/mol. The summed E-state index contributed by atoms with van der Waals surface area (Å²) in [6.45, 7) is 5.55. The molecule has 2 atom stereocenters. The van der Waals surface area contributed by atoms with Crippen LogP contribution in [-0.4, -0.2) is 12.6 Å². The van der Waals surface area contributed by atoms with Crippen molar-refractivity contribution >= 4 is 11.3 Å². The van der Waals surface area contributed by atoms with E-state index in [4.69, 9.17) is 0 Å². The number of aryl methyl sites for hydroxylation is 1. The highest BCUT2D eigenvalue weighted by molar-refractivity contribution is 7.09. The maximum absolute atomic E-state index is 3.65. The van der Waals surface area contributed by atoms with Crippen molar-refractivity contribution < 1.29 is 0 Å². The fourth-order valence-corrected chi connectivity index (χ4v) is 3.26. The Kier molecular flexibility index (Phi) is 5.62. The molecule has 1 aromatic heterocycles. The van der Waals surface area contributed by atoms with Crippen molar-refractivity contribution in [2.24, 2.45) is 0 Å². The van der Waals surface area contributed by atoms with Crippen LogP contribution in [0.3, 0.4) is 0 Å². The second-order valence-corrected chi connectivity index (χ2v) is 6.01. The van der Waals surface area contributed by atoms with Crippen LogP contribution in [0.4, 0.5) is 0 Å². The number of nitrogens with one attached hydrogen (secondary N) is 1. The Morgan fingerprint density at radius 1 is 1.11 bits per heavy atom. The lowest BCUT2D eigenvalue weighted by Gasteiger charge is -2.25. The van der Waals surface area contributed by atoms with Crippen LogP contribution in [0.25, 0.3) is 0 Å². The van der Waals surface area contributed by atoms with E-state index in [0.717, 1.165) is 6.54 Å². The van der Waals surface area contributed by atoms with Crippen molar-refractivity contribution in [3.8, 4) is 0 Å². The van der Waals surface area contributed by atoms with Gasteiger partial charge in [-0.1, -0.05) is 50.2 Å². The number of likely N-dealkylation sites (N-methyl/N-ethyl adjacent to an activating group) is 1. The minimum absolute atomic E-state index is 0.550. The Morgan fingerprint density at radius 2 is 1.89 bits per heavy atom. The summed E-state index contributed by atoms with van der Waals surface area (Å²) in [4.78, 5) is 1.49. The largest absolute Gasteiger partial charge is 0.314 e. The summed E-state index contributed by atoms with van der Waals surface area (Å²) in [5, 5.41) is 5.81. The highest BCUT2D eigenvalue weighted by atomic mass is 32.1.